The molecule has 316 valence electrons. The van der Waals surface area contributed by atoms with E-state index in [1.54, 1.807) is 29.9 Å². The summed E-state index contributed by atoms with van der Waals surface area (Å²) in [5.41, 5.74) is 3.45. The van der Waals surface area contributed by atoms with Gasteiger partial charge in [-0.05, 0) is 61.1 Å². The van der Waals surface area contributed by atoms with Gasteiger partial charge in [-0.15, -0.1) is 0 Å². The molecular weight excluding hydrogens is 793 g/mol. The number of imidazole rings is 1. The van der Waals surface area contributed by atoms with E-state index in [2.05, 4.69) is 30.6 Å². The van der Waals surface area contributed by atoms with Gasteiger partial charge in [-0.1, -0.05) is 24.3 Å². The van der Waals surface area contributed by atoms with E-state index in [4.69, 9.17) is 14.5 Å². The van der Waals surface area contributed by atoms with Crippen molar-refractivity contribution >= 4 is 45.9 Å². The Bertz CT molecular complexity index is 2740. The van der Waals surface area contributed by atoms with Crippen molar-refractivity contribution in [2.45, 2.75) is 69.4 Å². The number of aryl methyl sites for hydroxylation is 2. The number of para-hydroxylation sites is 1. The number of nitrogens with one attached hydrogen (secondary N) is 2. The van der Waals surface area contributed by atoms with E-state index >= 15 is 0 Å². The summed E-state index contributed by atoms with van der Waals surface area (Å²) in [6, 6.07) is 14.5. The lowest BCUT2D eigenvalue weighted by Gasteiger charge is -2.33. The number of rotatable bonds is 11. The Morgan fingerprint density at radius 2 is 1.92 bits per heavy atom. The van der Waals surface area contributed by atoms with Crippen LogP contribution in [-0.2, 0) is 39.1 Å². The Morgan fingerprint density at radius 1 is 1.07 bits per heavy atom. The minimum absolute atomic E-state index is 0.0585. The van der Waals surface area contributed by atoms with Gasteiger partial charge in [-0.3, -0.25) is 33.7 Å². The van der Waals surface area contributed by atoms with Crippen LogP contribution in [0.3, 0.4) is 0 Å². The molecule has 4 aliphatic heterocycles. The largest absolute Gasteiger partial charge is 0.376 e. The summed E-state index contributed by atoms with van der Waals surface area (Å²) in [6.07, 6.45) is 4.39. The van der Waals surface area contributed by atoms with Gasteiger partial charge in [-0.25, -0.2) is 27.8 Å². The molecule has 10 rings (SSSR count). The van der Waals surface area contributed by atoms with Gasteiger partial charge in [0.2, 0.25) is 11.8 Å². The summed E-state index contributed by atoms with van der Waals surface area (Å²) >= 11 is 0. The van der Waals surface area contributed by atoms with Crippen LogP contribution in [-0.4, -0.2) is 107 Å². The third-order valence-corrected chi connectivity index (χ3v) is 12.3. The van der Waals surface area contributed by atoms with Gasteiger partial charge in [0.25, 0.3) is 12.3 Å². The molecule has 61 heavy (non-hydrogen) atoms. The topological polar surface area (TPSA) is 175 Å². The molecule has 3 amide bonds. The van der Waals surface area contributed by atoms with E-state index in [1.165, 1.54) is 26.2 Å². The number of alkyl halides is 2. The van der Waals surface area contributed by atoms with Crippen molar-refractivity contribution in [3.8, 4) is 5.69 Å². The molecule has 19 heteroatoms. The monoisotopic (exact) mass is 835 g/mol. The van der Waals surface area contributed by atoms with Crippen LogP contribution in [0.25, 0.3) is 22.4 Å². The normalized spacial score (nSPS) is 21.9. The standard InChI is InChI=1S/C42H43F2N11O6/c1-50-37-25(3-2-4-32(37)55(42(50)59)33-11-12-35(56)48-41(33)58)7-10-28-20-51(15-16-60-28)19-24-5-8-26(9-6-24)54-22-31(36(49-54)38(43)44)46-40(57)30-18-45-53-14-13-34(47-39(30)53)52-21-29-17-27(52)23-61-29/h2-6,8-9,13-14,18,22,27-29,33,38H,7,10-12,15-17,19-21,23H2,1H3,(H,46,57)(H,48,56,58)/t27-,28+,29-,33?/m1/s1. The number of fused-ring (bicyclic) bond motifs is 4. The highest BCUT2D eigenvalue weighted by Crippen LogP contribution is 2.33. The predicted molar refractivity (Wildman–Crippen MR) is 217 cm³/mol. The number of benzene rings is 2. The summed E-state index contributed by atoms with van der Waals surface area (Å²) in [5.74, 6) is -0.720. The Kier molecular flexibility index (Phi) is 9.95. The summed E-state index contributed by atoms with van der Waals surface area (Å²) in [6.45, 7) is 3.96. The molecule has 0 radical (unpaired) electrons. The summed E-state index contributed by atoms with van der Waals surface area (Å²) in [4.78, 5) is 60.5. The number of halogens is 2. The fourth-order valence-electron chi connectivity index (χ4n) is 9.20. The molecule has 0 aliphatic carbocycles. The van der Waals surface area contributed by atoms with Crippen molar-refractivity contribution in [1.29, 1.82) is 0 Å². The average Bonchev–Trinajstić information content (AvgIpc) is 4.11. The second kappa shape index (κ2) is 15.6. The molecule has 4 atom stereocenters. The minimum atomic E-state index is -2.94. The fraction of sp³-hybridized carbons (Fsp3) is 0.405. The van der Waals surface area contributed by atoms with Crippen LogP contribution in [0.15, 0.2) is 71.9 Å². The van der Waals surface area contributed by atoms with E-state index in [-0.39, 0.29) is 53.9 Å². The zero-order valence-electron chi connectivity index (χ0n) is 33.2. The van der Waals surface area contributed by atoms with Gasteiger partial charge in [-0.2, -0.15) is 10.2 Å². The molecule has 1 unspecified atom stereocenters. The molecule has 2 N–H and O–H groups in total. The first-order valence-corrected chi connectivity index (χ1v) is 20.5. The van der Waals surface area contributed by atoms with Crippen LogP contribution in [0.4, 0.5) is 20.3 Å². The van der Waals surface area contributed by atoms with Crippen LogP contribution in [0.1, 0.15) is 65.3 Å². The highest BCUT2D eigenvalue weighted by atomic mass is 19.3. The van der Waals surface area contributed by atoms with E-state index in [1.807, 2.05) is 36.4 Å². The highest BCUT2D eigenvalue weighted by molar-refractivity contribution is 6.08. The number of imide groups is 1. The molecule has 4 aliphatic rings. The molecule has 4 fully saturated rings. The first-order chi connectivity index (χ1) is 29.6. The number of anilines is 2. The molecular formula is C42H43F2N11O6. The first kappa shape index (κ1) is 38.9. The van der Waals surface area contributed by atoms with Gasteiger partial charge in [0.05, 0.1) is 66.3 Å². The highest BCUT2D eigenvalue weighted by Gasteiger charge is 2.40. The van der Waals surface area contributed by atoms with Gasteiger partial charge in [0.1, 0.15) is 17.4 Å². The zero-order chi connectivity index (χ0) is 41.9. The lowest BCUT2D eigenvalue weighted by molar-refractivity contribution is -0.135. The van der Waals surface area contributed by atoms with Crippen molar-refractivity contribution in [2.24, 2.45) is 7.05 Å². The van der Waals surface area contributed by atoms with Crippen LogP contribution in [0.2, 0.25) is 0 Å². The van der Waals surface area contributed by atoms with Crippen molar-refractivity contribution in [3.05, 3.63) is 100.0 Å². The van der Waals surface area contributed by atoms with Crippen molar-refractivity contribution in [2.75, 3.05) is 43.1 Å². The van der Waals surface area contributed by atoms with Crippen LogP contribution in [0, 0.1) is 0 Å². The SMILES string of the molecule is Cn1c(=O)n(C2CCC(=O)NC2=O)c2cccc(CC[C@H]3CN(Cc4ccc(-n5cc(NC(=O)c6cnn7ccc(N8C[C@H]9C[C@@H]8CO9)nc67)c(C(F)F)n5)cc4)CCO3)c21. The number of aromatic nitrogens is 7. The van der Waals surface area contributed by atoms with Crippen molar-refractivity contribution < 1.29 is 32.6 Å². The maximum Gasteiger partial charge on any atom is 0.329 e. The van der Waals surface area contributed by atoms with E-state index in [0.717, 1.165) is 29.6 Å². The third-order valence-electron chi connectivity index (χ3n) is 12.3. The van der Waals surface area contributed by atoms with Crippen molar-refractivity contribution in [3.63, 3.8) is 0 Å². The number of amides is 3. The Balaban J connectivity index is 0.787. The second-order valence-electron chi connectivity index (χ2n) is 16.1. The van der Waals surface area contributed by atoms with Gasteiger partial charge >= 0.3 is 5.69 Å². The van der Waals surface area contributed by atoms with E-state index < -0.39 is 30.0 Å². The molecule has 2 aromatic carbocycles. The molecule has 0 spiro atoms. The van der Waals surface area contributed by atoms with Gasteiger partial charge in [0.15, 0.2) is 11.3 Å². The molecule has 8 heterocycles. The van der Waals surface area contributed by atoms with Crippen LogP contribution >= 0.6 is 0 Å². The van der Waals surface area contributed by atoms with Crippen molar-refractivity contribution in [1.82, 2.24) is 43.7 Å². The fourth-order valence-corrected chi connectivity index (χ4v) is 9.20. The molecule has 17 nitrogen and oxygen atoms in total. The summed E-state index contributed by atoms with van der Waals surface area (Å²) in [5, 5.41) is 13.4. The molecule has 0 saturated carbocycles. The number of ether oxygens (including phenoxy) is 2. The number of carbonyl (C=O) groups is 3. The Morgan fingerprint density at radius 3 is 2.69 bits per heavy atom. The number of carbonyl (C=O) groups excluding carboxylic acids is 3. The first-order valence-electron chi connectivity index (χ1n) is 20.5. The van der Waals surface area contributed by atoms with E-state index in [0.29, 0.717) is 68.4 Å². The average molecular weight is 836 g/mol. The number of piperidine rings is 1. The number of morpholine rings is 2. The van der Waals surface area contributed by atoms with Gasteiger partial charge < -0.3 is 19.7 Å². The zero-order valence-corrected chi connectivity index (χ0v) is 33.2. The predicted octanol–water partition coefficient (Wildman–Crippen LogP) is 3.55. The quantitative estimate of drug-likeness (QED) is 0.183. The Labute approximate surface area is 346 Å². The maximum absolute atomic E-state index is 14.3. The second-order valence-corrected chi connectivity index (χ2v) is 16.1. The van der Waals surface area contributed by atoms with Crippen LogP contribution in [0.5, 0.6) is 0 Å². The molecule has 4 aromatic heterocycles. The number of hydrogen-bond donors (Lipinski definition) is 2. The lowest BCUT2D eigenvalue weighted by atomic mass is 10.0. The number of hydrogen-bond acceptors (Lipinski definition) is 11. The molecule has 6 aromatic rings. The number of nitrogens with zero attached hydrogens (tertiary/aromatic N) is 9. The molecule has 4 saturated heterocycles. The summed E-state index contributed by atoms with van der Waals surface area (Å²) < 4.78 is 46.3. The lowest BCUT2D eigenvalue weighted by Crippen LogP contribution is -2.44. The third kappa shape index (κ3) is 7.25. The smallest absolute Gasteiger partial charge is 0.329 e. The molecule has 2 bridgehead atoms. The minimum Gasteiger partial charge on any atom is -0.376 e. The van der Waals surface area contributed by atoms with Crippen LogP contribution < -0.4 is 21.2 Å². The van der Waals surface area contributed by atoms with E-state index in [9.17, 15) is 28.0 Å². The summed E-state index contributed by atoms with van der Waals surface area (Å²) in [7, 11) is 1.70. The van der Waals surface area contributed by atoms with Gasteiger partial charge in [0, 0.05) is 45.8 Å². The maximum atomic E-state index is 14.3. The Hall–Kier alpha value is -6.31.